The van der Waals surface area contributed by atoms with Crippen LogP contribution in [-0.4, -0.2) is 65.0 Å². The second-order valence-electron chi connectivity index (χ2n) is 7.19. The Labute approximate surface area is 186 Å². The largest absolute Gasteiger partial charge is 0.416 e. The Morgan fingerprint density at radius 1 is 1.06 bits per heavy atom. The lowest BCUT2D eigenvalue weighted by atomic mass is 10.2. The van der Waals surface area contributed by atoms with E-state index in [1.807, 2.05) is 0 Å². The summed E-state index contributed by atoms with van der Waals surface area (Å²) in [4.78, 5) is 13.8. The summed E-state index contributed by atoms with van der Waals surface area (Å²) in [5.74, 6) is -0.278. The summed E-state index contributed by atoms with van der Waals surface area (Å²) in [5, 5.41) is 2.79. The summed E-state index contributed by atoms with van der Waals surface area (Å²) < 4.78 is 73.8. The minimum atomic E-state index is -4.63. The molecule has 1 fully saturated rings. The molecule has 1 N–H and O–H groups in total. The zero-order valence-electron chi connectivity index (χ0n) is 16.5. The van der Waals surface area contributed by atoms with Crippen LogP contribution in [0.1, 0.15) is 5.56 Å². The lowest BCUT2D eigenvalue weighted by molar-refractivity contribution is -0.137. The number of nitrogens with one attached hydrogen (secondary N) is 1. The summed E-state index contributed by atoms with van der Waals surface area (Å²) in [7, 11) is -4.07. The van der Waals surface area contributed by atoms with Crippen molar-refractivity contribution in [2.24, 2.45) is 0 Å². The van der Waals surface area contributed by atoms with E-state index >= 15 is 0 Å². The summed E-state index contributed by atoms with van der Waals surface area (Å²) in [5.41, 5.74) is 0.815. The molecule has 1 saturated heterocycles. The van der Waals surface area contributed by atoms with Gasteiger partial charge in [0.05, 0.1) is 34.4 Å². The number of hydrogen-bond donors (Lipinski definition) is 1. The smallest absolute Gasteiger partial charge is 0.323 e. The second-order valence-corrected chi connectivity index (χ2v) is 9.66. The van der Waals surface area contributed by atoms with Crippen molar-refractivity contribution in [1.29, 1.82) is 0 Å². The average molecular weight is 486 g/mol. The molecule has 170 valence electrons. The van der Waals surface area contributed by atoms with Gasteiger partial charge in [0, 0.05) is 26.2 Å². The first kappa shape index (κ1) is 22.6. The number of benzene rings is 2. The molecule has 8 nitrogen and oxygen atoms in total. The highest BCUT2D eigenvalue weighted by Gasteiger charge is 2.34. The van der Waals surface area contributed by atoms with Gasteiger partial charge in [-0.3, -0.25) is 9.69 Å². The van der Waals surface area contributed by atoms with Crippen molar-refractivity contribution in [3.8, 4) is 0 Å². The number of rotatable bonds is 5. The number of anilines is 1. The molecule has 3 aromatic rings. The molecule has 0 bridgehead atoms. The van der Waals surface area contributed by atoms with E-state index in [4.69, 9.17) is 0 Å². The van der Waals surface area contributed by atoms with Gasteiger partial charge in [0.15, 0.2) is 0 Å². The van der Waals surface area contributed by atoms with Gasteiger partial charge in [0.2, 0.25) is 15.9 Å². The number of nitrogens with zero attached hydrogens (tertiary/aromatic N) is 4. The fourth-order valence-corrected chi connectivity index (χ4v) is 5.43. The van der Waals surface area contributed by atoms with Gasteiger partial charge in [-0.05, 0) is 30.3 Å². The number of fused-ring (bicyclic) bond motifs is 1. The molecule has 32 heavy (non-hydrogen) atoms. The van der Waals surface area contributed by atoms with Crippen LogP contribution in [0.2, 0.25) is 0 Å². The Balaban J connectivity index is 1.36. The van der Waals surface area contributed by atoms with Gasteiger partial charge >= 0.3 is 6.18 Å². The molecule has 0 aliphatic carbocycles. The average Bonchev–Trinajstić information content (AvgIpc) is 3.24. The molecule has 0 saturated carbocycles. The van der Waals surface area contributed by atoms with Crippen molar-refractivity contribution in [2.45, 2.75) is 11.1 Å². The van der Waals surface area contributed by atoms with Crippen LogP contribution in [0.4, 0.5) is 18.9 Å². The molecule has 1 aromatic heterocycles. The van der Waals surface area contributed by atoms with Crippen molar-refractivity contribution < 1.29 is 26.4 Å². The van der Waals surface area contributed by atoms with Crippen molar-refractivity contribution in [2.75, 3.05) is 38.0 Å². The van der Waals surface area contributed by atoms with Gasteiger partial charge in [-0.1, -0.05) is 12.1 Å². The van der Waals surface area contributed by atoms with Crippen LogP contribution in [0.15, 0.2) is 47.4 Å². The third kappa shape index (κ3) is 4.75. The first-order valence-electron chi connectivity index (χ1n) is 9.55. The lowest BCUT2D eigenvalue weighted by Gasteiger charge is -2.33. The van der Waals surface area contributed by atoms with E-state index in [-0.39, 0.29) is 38.6 Å². The number of halogens is 3. The van der Waals surface area contributed by atoms with Crippen LogP contribution in [0.3, 0.4) is 0 Å². The maximum atomic E-state index is 12.9. The molecule has 0 atom stereocenters. The minimum absolute atomic E-state index is 0.0470. The summed E-state index contributed by atoms with van der Waals surface area (Å²) in [6, 6.07) is 8.98. The Hall–Kier alpha value is -2.61. The number of carbonyl (C=O) groups excluding carboxylic acids is 1. The highest BCUT2D eigenvalue weighted by Crippen LogP contribution is 2.31. The van der Waals surface area contributed by atoms with Crippen LogP contribution in [0.25, 0.3) is 11.0 Å². The third-order valence-corrected chi connectivity index (χ3v) is 7.49. The van der Waals surface area contributed by atoms with Gasteiger partial charge in [0.25, 0.3) is 0 Å². The fraction of sp³-hybridized carbons (Fsp3) is 0.316. The Morgan fingerprint density at radius 3 is 2.50 bits per heavy atom. The molecule has 0 unspecified atom stereocenters. The van der Waals surface area contributed by atoms with E-state index in [1.54, 1.807) is 23.1 Å². The van der Waals surface area contributed by atoms with Crippen LogP contribution in [0, 0.1) is 0 Å². The predicted molar refractivity (Wildman–Crippen MR) is 113 cm³/mol. The van der Waals surface area contributed by atoms with Crippen LogP contribution in [0.5, 0.6) is 0 Å². The number of hydrogen-bond acceptors (Lipinski definition) is 7. The monoisotopic (exact) mass is 485 g/mol. The third-order valence-electron chi connectivity index (χ3n) is 5.06. The first-order valence-corrected chi connectivity index (χ1v) is 11.7. The molecule has 0 radical (unpaired) electrons. The molecule has 1 aliphatic heterocycles. The van der Waals surface area contributed by atoms with Crippen LogP contribution in [-0.2, 0) is 21.0 Å². The topological polar surface area (TPSA) is 95.5 Å². The van der Waals surface area contributed by atoms with Crippen LogP contribution >= 0.6 is 11.7 Å². The quantitative estimate of drug-likeness (QED) is 0.597. The van der Waals surface area contributed by atoms with Gasteiger partial charge in [-0.25, -0.2) is 8.42 Å². The fourth-order valence-electron chi connectivity index (χ4n) is 3.41. The van der Waals surface area contributed by atoms with E-state index in [0.717, 1.165) is 34.2 Å². The van der Waals surface area contributed by atoms with Gasteiger partial charge in [-0.2, -0.15) is 26.2 Å². The number of aromatic nitrogens is 2. The van der Waals surface area contributed by atoms with E-state index in [0.29, 0.717) is 22.8 Å². The molecule has 2 heterocycles. The van der Waals surface area contributed by atoms with Crippen molar-refractivity contribution in [3.05, 3.63) is 48.0 Å². The zero-order valence-corrected chi connectivity index (χ0v) is 18.2. The maximum Gasteiger partial charge on any atom is 0.416 e. The number of amides is 1. The molecule has 1 aliphatic rings. The lowest BCUT2D eigenvalue weighted by Crippen LogP contribution is -2.50. The number of sulfonamides is 1. The van der Waals surface area contributed by atoms with E-state index in [2.05, 4.69) is 14.1 Å². The molecule has 0 spiro atoms. The second kappa shape index (κ2) is 8.73. The molecule has 4 rings (SSSR count). The summed E-state index contributed by atoms with van der Waals surface area (Å²) >= 11 is 1.05. The molecular weight excluding hydrogens is 467 g/mol. The Bertz CT molecular complexity index is 1240. The summed E-state index contributed by atoms with van der Waals surface area (Å²) in [6.07, 6.45) is -4.63. The van der Waals surface area contributed by atoms with Gasteiger partial charge in [0.1, 0.15) is 11.0 Å². The number of alkyl halides is 3. The molecule has 13 heteroatoms. The number of carbonyl (C=O) groups is 1. The van der Waals surface area contributed by atoms with E-state index < -0.39 is 26.7 Å². The standard InChI is InChI=1S/C19H18F3N5O3S2/c20-19(21,22)13-3-1-4-14(11-13)32(29,30)27-9-7-26(8-10-27)12-17(28)23-15-5-2-6-16-18(15)25-31-24-16/h1-6,11H,7-10,12H2,(H,23,28). The first-order chi connectivity index (χ1) is 15.1. The highest BCUT2D eigenvalue weighted by atomic mass is 32.2. The Kier molecular flexibility index (Phi) is 6.16. The van der Waals surface area contributed by atoms with Gasteiger partial charge in [-0.15, -0.1) is 0 Å². The van der Waals surface area contributed by atoms with E-state index in [9.17, 15) is 26.4 Å². The van der Waals surface area contributed by atoms with Crippen molar-refractivity contribution in [1.82, 2.24) is 18.0 Å². The Morgan fingerprint density at radius 2 is 1.78 bits per heavy atom. The summed E-state index contributed by atoms with van der Waals surface area (Å²) in [6.45, 7) is 0.725. The van der Waals surface area contributed by atoms with Crippen molar-refractivity contribution in [3.63, 3.8) is 0 Å². The number of piperazine rings is 1. The maximum absolute atomic E-state index is 12.9. The molecule has 2 aromatic carbocycles. The van der Waals surface area contributed by atoms with E-state index in [1.165, 1.54) is 0 Å². The highest BCUT2D eigenvalue weighted by molar-refractivity contribution is 7.89. The SMILES string of the molecule is O=C(CN1CCN(S(=O)(=O)c2cccc(C(F)(F)F)c2)CC1)Nc1cccc2nsnc12. The molecular formula is C19H18F3N5O3S2. The predicted octanol–water partition coefficient (Wildman–Crippen LogP) is 2.66. The van der Waals surface area contributed by atoms with Gasteiger partial charge < -0.3 is 5.32 Å². The normalized spacial score (nSPS) is 16.3. The molecule has 1 amide bonds. The van der Waals surface area contributed by atoms with Crippen molar-refractivity contribution >= 4 is 44.4 Å². The minimum Gasteiger partial charge on any atom is -0.323 e. The zero-order chi connectivity index (χ0) is 22.9. The van der Waals surface area contributed by atoms with Crippen LogP contribution < -0.4 is 5.32 Å².